The van der Waals surface area contributed by atoms with Crippen molar-refractivity contribution in [2.75, 3.05) is 19.5 Å². The van der Waals surface area contributed by atoms with E-state index < -0.39 is 34.4 Å². The molecule has 0 aliphatic carbocycles. The van der Waals surface area contributed by atoms with Gasteiger partial charge in [-0.2, -0.15) is 0 Å². The molecule has 0 aliphatic rings. The predicted molar refractivity (Wildman–Crippen MR) is 89.6 cm³/mol. The molecule has 7 nitrogen and oxygen atoms in total. The molecule has 0 unspecified atom stereocenters. The summed E-state index contributed by atoms with van der Waals surface area (Å²) in [6, 6.07) is 5.51. The second-order valence-corrected chi connectivity index (χ2v) is 7.12. The van der Waals surface area contributed by atoms with E-state index in [2.05, 4.69) is 4.72 Å². The Bertz CT molecular complexity index is 671. The van der Waals surface area contributed by atoms with Crippen LogP contribution in [0.25, 0.3) is 0 Å². The first-order chi connectivity index (χ1) is 11.3. The number of benzene rings is 1. The van der Waals surface area contributed by atoms with Gasteiger partial charge >= 0.3 is 5.97 Å². The van der Waals surface area contributed by atoms with Gasteiger partial charge in [0.15, 0.2) is 6.61 Å². The number of esters is 1. The van der Waals surface area contributed by atoms with Crippen LogP contribution < -0.4 is 9.46 Å². The van der Waals surface area contributed by atoms with Crippen LogP contribution in [0.15, 0.2) is 24.3 Å². The Hall–Kier alpha value is -1.93. The largest absolute Gasteiger partial charge is 0.496 e. The molecular formula is C16H23NO6S. The summed E-state index contributed by atoms with van der Waals surface area (Å²) in [5.41, 5.74) is 0.295. The molecule has 0 heterocycles. The monoisotopic (exact) mass is 357 g/mol. The minimum absolute atomic E-state index is 0.0543. The number of ketones is 1. The Morgan fingerprint density at radius 2 is 1.92 bits per heavy atom. The van der Waals surface area contributed by atoms with Crippen molar-refractivity contribution in [2.24, 2.45) is 0 Å². The van der Waals surface area contributed by atoms with Crippen LogP contribution in [-0.4, -0.2) is 45.7 Å². The highest BCUT2D eigenvalue weighted by atomic mass is 32.2. The van der Waals surface area contributed by atoms with Crippen molar-refractivity contribution in [3.05, 3.63) is 29.8 Å². The minimum atomic E-state index is -3.55. The summed E-state index contributed by atoms with van der Waals surface area (Å²) in [4.78, 5) is 23.9. The fourth-order valence-electron chi connectivity index (χ4n) is 1.93. The molecule has 134 valence electrons. The first kappa shape index (κ1) is 20.1. The number of para-hydroxylation sites is 1. The van der Waals surface area contributed by atoms with E-state index in [9.17, 15) is 18.0 Å². The second-order valence-electron chi connectivity index (χ2n) is 5.24. The van der Waals surface area contributed by atoms with E-state index >= 15 is 0 Å². The third-order valence-electron chi connectivity index (χ3n) is 3.23. The van der Waals surface area contributed by atoms with Crippen molar-refractivity contribution in [1.82, 2.24) is 4.72 Å². The number of hydrogen-bond donors (Lipinski definition) is 1. The number of methoxy groups -OCH3 is 1. The molecule has 0 saturated carbocycles. The van der Waals surface area contributed by atoms with E-state index in [-0.39, 0.29) is 5.75 Å². The lowest BCUT2D eigenvalue weighted by molar-refractivity contribution is -0.144. The summed E-state index contributed by atoms with van der Waals surface area (Å²) in [6.45, 7) is 2.76. The topological polar surface area (TPSA) is 98.8 Å². The molecular weight excluding hydrogens is 334 g/mol. The van der Waals surface area contributed by atoms with E-state index in [0.717, 1.165) is 6.42 Å². The number of sulfonamides is 1. The van der Waals surface area contributed by atoms with Gasteiger partial charge in [0.2, 0.25) is 15.8 Å². The first-order valence-corrected chi connectivity index (χ1v) is 9.28. The van der Waals surface area contributed by atoms with Gasteiger partial charge in [-0.05, 0) is 25.5 Å². The van der Waals surface area contributed by atoms with Gasteiger partial charge < -0.3 is 9.47 Å². The number of carbonyl (C=O) groups excluding carboxylic acids is 2. The Kier molecular flexibility index (Phi) is 7.87. The van der Waals surface area contributed by atoms with Gasteiger partial charge in [-0.25, -0.2) is 13.1 Å². The normalized spacial score (nSPS) is 12.5. The number of unbranched alkanes of at least 4 members (excludes halogenated alkanes) is 1. The van der Waals surface area contributed by atoms with Crippen LogP contribution in [0.4, 0.5) is 0 Å². The summed E-state index contributed by atoms with van der Waals surface area (Å²) >= 11 is 0. The Morgan fingerprint density at radius 1 is 1.25 bits per heavy atom. The average Bonchev–Trinajstić information content (AvgIpc) is 2.57. The fourth-order valence-corrected chi connectivity index (χ4v) is 3.35. The maximum Gasteiger partial charge on any atom is 0.324 e. The van der Waals surface area contributed by atoms with Gasteiger partial charge in [-0.3, -0.25) is 9.59 Å². The first-order valence-electron chi connectivity index (χ1n) is 7.63. The van der Waals surface area contributed by atoms with E-state index in [4.69, 9.17) is 9.47 Å². The molecule has 0 amide bonds. The lowest BCUT2D eigenvalue weighted by Gasteiger charge is -2.13. The molecule has 0 spiro atoms. The number of Topliss-reactive ketones (excluding diaryl/α,β-unsaturated/α-hetero) is 1. The maximum absolute atomic E-state index is 12.1. The van der Waals surface area contributed by atoms with E-state index in [1.165, 1.54) is 14.0 Å². The minimum Gasteiger partial charge on any atom is -0.496 e. The summed E-state index contributed by atoms with van der Waals surface area (Å²) < 4.78 is 35.7. The molecule has 1 rings (SSSR count). The van der Waals surface area contributed by atoms with Crippen molar-refractivity contribution in [2.45, 2.75) is 32.7 Å². The SMILES string of the molecule is CCCCS(=O)(=O)N[C@@H](C)C(=O)OCC(=O)c1ccccc1OC. The molecule has 0 bridgehead atoms. The van der Waals surface area contributed by atoms with Gasteiger partial charge in [0.1, 0.15) is 11.8 Å². The van der Waals surface area contributed by atoms with Crippen LogP contribution in [-0.2, 0) is 19.6 Å². The van der Waals surface area contributed by atoms with Crippen molar-refractivity contribution in [1.29, 1.82) is 0 Å². The van der Waals surface area contributed by atoms with Gasteiger partial charge in [0.25, 0.3) is 0 Å². The van der Waals surface area contributed by atoms with E-state index in [1.807, 2.05) is 6.92 Å². The fraction of sp³-hybridized carbons (Fsp3) is 0.500. The molecule has 0 radical (unpaired) electrons. The van der Waals surface area contributed by atoms with E-state index in [1.54, 1.807) is 24.3 Å². The number of rotatable bonds is 10. The molecule has 24 heavy (non-hydrogen) atoms. The maximum atomic E-state index is 12.1. The van der Waals surface area contributed by atoms with E-state index in [0.29, 0.717) is 17.7 Å². The molecule has 0 fully saturated rings. The molecule has 0 saturated heterocycles. The molecule has 0 aromatic heterocycles. The van der Waals surface area contributed by atoms with Crippen LogP contribution in [0.3, 0.4) is 0 Å². The molecule has 8 heteroatoms. The number of ether oxygens (including phenoxy) is 2. The number of carbonyl (C=O) groups is 2. The van der Waals surface area contributed by atoms with Crippen LogP contribution in [0.1, 0.15) is 37.0 Å². The molecule has 1 N–H and O–H groups in total. The van der Waals surface area contributed by atoms with Gasteiger partial charge in [0, 0.05) is 0 Å². The second kappa shape index (κ2) is 9.39. The Labute approximate surface area is 142 Å². The quantitative estimate of drug-likeness (QED) is 0.504. The average molecular weight is 357 g/mol. The van der Waals surface area contributed by atoms with Crippen molar-refractivity contribution < 1.29 is 27.5 Å². The Morgan fingerprint density at radius 3 is 2.54 bits per heavy atom. The molecule has 1 aromatic rings. The highest BCUT2D eigenvalue weighted by Crippen LogP contribution is 2.17. The van der Waals surface area contributed by atoms with Crippen LogP contribution in [0, 0.1) is 0 Å². The summed E-state index contributed by atoms with van der Waals surface area (Å²) in [5, 5.41) is 0. The van der Waals surface area contributed by atoms with Gasteiger partial charge in [-0.1, -0.05) is 25.5 Å². The highest BCUT2D eigenvalue weighted by Gasteiger charge is 2.22. The highest BCUT2D eigenvalue weighted by molar-refractivity contribution is 7.89. The number of hydrogen-bond acceptors (Lipinski definition) is 6. The predicted octanol–water partition coefficient (Wildman–Crippen LogP) is 1.53. The van der Waals surface area contributed by atoms with Crippen molar-refractivity contribution in [3.63, 3.8) is 0 Å². The standard InChI is InChI=1S/C16H23NO6S/c1-4-5-10-24(20,21)17-12(2)16(19)23-11-14(18)13-8-6-7-9-15(13)22-3/h6-9,12,17H,4-5,10-11H2,1-3H3/t12-/m0/s1. The zero-order chi connectivity index (χ0) is 18.2. The lowest BCUT2D eigenvalue weighted by atomic mass is 10.1. The van der Waals surface area contributed by atoms with Crippen molar-refractivity contribution >= 4 is 21.8 Å². The van der Waals surface area contributed by atoms with Crippen molar-refractivity contribution in [3.8, 4) is 5.75 Å². The van der Waals surface area contributed by atoms with Crippen LogP contribution >= 0.6 is 0 Å². The summed E-state index contributed by atoms with van der Waals surface area (Å²) in [6.07, 6.45) is 1.23. The number of nitrogens with one attached hydrogen (secondary N) is 1. The van der Waals surface area contributed by atoms with Gasteiger partial charge in [0.05, 0.1) is 18.4 Å². The molecule has 1 aromatic carbocycles. The summed E-state index contributed by atoms with van der Waals surface area (Å²) in [5.74, 6) is -0.909. The third kappa shape index (κ3) is 6.29. The zero-order valence-electron chi connectivity index (χ0n) is 14.1. The third-order valence-corrected chi connectivity index (χ3v) is 4.77. The Balaban J connectivity index is 2.57. The molecule has 0 aliphatic heterocycles. The van der Waals surface area contributed by atoms with Crippen LogP contribution in [0.5, 0.6) is 5.75 Å². The van der Waals surface area contributed by atoms with Crippen LogP contribution in [0.2, 0.25) is 0 Å². The van der Waals surface area contributed by atoms with Gasteiger partial charge in [-0.15, -0.1) is 0 Å². The smallest absolute Gasteiger partial charge is 0.324 e. The lowest BCUT2D eigenvalue weighted by Crippen LogP contribution is -2.41. The molecule has 1 atom stereocenters. The summed E-state index contributed by atoms with van der Waals surface area (Å²) in [7, 11) is -2.11. The zero-order valence-corrected chi connectivity index (χ0v) is 14.9.